The SMILES string of the molecule is CC(=O)N1c2ccc(S(=O)(=O)N[C@@H](Cc3ccccc3)C(=O)Nc3ncccc3C)cc2C[C@@H]1C. The number of benzene rings is 2. The number of rotatable bonds is 7. The van der Waals surface area contributed by atoms with Crippen molar-refractivity contribution in [3.8, 4) is 0 Å². The lowest BCUT2D eigenvalue weighted by molar-refractivity contribution is -0.118. The highest BCUT2D eigenvalue weighted by Gasteiger charge is 2.32. The van der Waals surface area contributed by atoms with Crippen molar-refractivity contribution >= 4 is 33.3 Å². The molecule has 3 aromatic rings. The molecule has 2 aromatic carbocycles. The second-order valence-corrected chi connectivity index (χ2v) is 10.5. The monoisotopic (exact) mass is 492 g/mol. The molecule has 9 heteroatoms. The van der Waals surface area contributed by atoms with Gasteiger partial charge in [-0.3, -0.25) is 9.59 Å². The fraction of sp³-hybridized carbons (Fsp3) is 0.269. The van der Waals surface area contributed by atoms with Crippen LogP contribution in [0.5, 0.6) is 0 Å². The van der Waals surface area contributed by atoms with Gasteiger partial charge in [0.15, 0.2) is 0 Å². The highest BCUT2D eigenvalue weighted by molar-refractivity contribution is 7.89. The van der Waals surface area contributed by atoms with E-state index in [1.54, 1.807) is 29.3 Å². The number of pyridine rings is 1. The van der Waals surface area contributed by atoms with Crippen molar-refractivity contribution in [1.82, 2.24) is 9.71 Å². The first-order valence-electron chi connectivity index (χ1n) is 11.4. The summed E-state index contributed by atoms with van der Waals surface area (Å²) in [5, 5.41) is 2.75. The van der Waals surface area contributed by atoms with Crippen molar-refractivity contribution in [2.24, 2.45) is 0 Å². The standard InChI is InChI=1S/C26H28N4O4S/c1-17-8-7-13-27-25(17)28-26(32)23(15-20-9-5-4-6-10-20)29-35(33,34)22-11-12-24-21(16-22)14-18(2)30(24)19(3)31/h4-13,16,18,23,29H,14-15H2,1-3H3,(H,27,28,32)/t18-,23-/m0/s1. The van der Waals surface area contributed by atoms with Crippen molar-refractivity contribution in [2.75, 3.05) is 10.2 Å². The molecule has 1 aromatic heterocycles. The van der Waals surface area contributed by atoms with Crippen LogP contribution >= 0.6 is 0 Å². The van der Waals surface area contributed by atoms with E-state index in [1.807, 2.05) is 50.2 Å². The third-order valence-corrected chi connectivity index (χ3v) is 7.53. The van der Waals surface area contributed by atoms with E-state index in [9.17, 15) is 18.0 Å². The molecule has 0 radical (unpaired) electrons. The fourth-order valence-corrected chi connectivity index (χ4v) is 5.61. The third kappa shape index (κ3) is 5.41. The zero-order chi connectivity index (χ0) is 25.2. The molecule has 35 heavy (non-hydrogen) atoms. The van der Waals surface area contributed by atoms with Gasteiger partial charge < -0.3 is 10.2 Å². The first-order chi connectivity index (χ1) is 16.7. The maximum absolute atomic E-state index is 13.4. The zero-order valence-electron chi connectivity index (χ0n) is 19.9. The number of amides is 2. The number of anilines is 2. The molecule has 2 amide bonds. The number of aryl methyl sites for hydroxylation is 1. The number of sulfonamides is 1. The quantitative estimate of drug-likeness (QED) is 0.527. The summed E-state index contributed by atoms with van der Waals surface area (Å²) in [6.07, 6.45) is 2.29. The molecule has 0 fully saturated rings. The molecule has 1 aliphatic rings. The van der Waals surface area contributed by atoms with Gasteiger partial charge >= 0.3 is 0 Å². The Bertz CT molecular complexity index is 1360. The molecule has 2 atom stereocenters. The van der Waals surface area contributed by atoms with E-state index in [1.165, 1.54) is 13.0 Å². The summed E-state index contributed by atoms with van der Waals surface area (Å²) in [6.45, 7) is 5.23. The predicted molar refractivity (Wildman–Crippen MR) is 135 cm³/mol. The van der Waals surface area contributed by atoms with Crippen molar-refractivity contribution < 1.29 is 18.0 Å². The molecule has 0 saturated carbocycles. The highest BCUT2D eigenvalue weighted by atomic mass is 32.2. The van der Waals surface area contributed by atoms with Gasteiger partial charge in [0, 0.05) is 24.8 Å². The summed E-state index contributed by atoms with van der Waals surface area (Å²) in [6, 6.07) is 16.4. The summed E-state index contributed by atoms with van der Waals surface area (Å²) in [7, 11) is -4.04. The number of hydrogen-bond donors (Lipinski definition) is 2. The number of nitrogens with zero attached hydrogens (tertiary/aromatic N) is 2. The van der Waals surface area contributed by atoms with Crippen LogP contribution in [0.4, 0.5) is 11.5 Å². The smallest absolute Gasteiger partial charge is 0.244 e. The van der Waals surface area contributed by atoms with E-state index >= 15 is 0 Å². The molecule has 8 nitrogen and oxygen atoms in total. The van der Waals surface area contributed by atoms with Crippen LogP contribution in [0.3, 0.4) is 0 Å². The molecule has 0 unspecified atom stereocenters. The van der Waals surface area contributed by atoms with Gasteiger partial charge in [0.2, 0.25) is 21.8 Å². The minimum Gasteiger partial charge on any atom is -0.309 e. The Kier molecular flexibility index (Phi) is 7.00. The van der Waals surface area contributed by atoms with E-state index in [0.717, 1.165) is 16.7 Å². The Morgan fingerprint density at radius 1 is 1.11 bits per heavy atom. The summed E-state index contributed by atoms with van der Waals surface area (Å²) < 4.78 is 29.3. The summed E-state index contributed by atoms with van der Waals surface area (Å²) in [5.74, 6) is -0.211. The number of carbonyl (C=O) groups is 2. The van der Waals surface area contributed by atoms with Crippen LogP contribution in [0.15, 0.2) is 71.8 Å². The largest absolute Gasteiger partial charge is 0.309 e. The molecule has 4 rings (SSSR count). The number of nitrogens with one attached hydrogen (secondary N) is 2. The lowest BCUT2D eigenvalue weighted by Crippen LogP contribution is -2.45. The molecule has 0 bridgehead atoms. The van der Waals surface area contributed by atoms with Crippen molar-refractivity contribution in [1.29, 1.82) is 0 Å². The molecule has 0 saturated heterocycles. The normalized spacial score (nSPS) is 16.0. The van der Waals surface area contributed by atoms with Gasteiger partial charge in [0.05, 0.1) is 4.90 Å². The minimum atomic E-state index is -4.04. The van der Waals surface area contributed by atoms with E-state index in [4.69, 9.17) is 0 Å². The van der Waals surface area contributed by atoms with Crippen LogP contribution in [0.1, 0.15) is 30.5 Å². The summed E-state index contributed by atoms with van der Waals surface area (Å²) in [5.41, 5.74) is 3.08. The van der Waals surface area contributed by atoms with Crippen molar-refractivity contribution in [2.45, 2.75) is 50.6 Å². The lowest BCUT2D eigenvalue weighted by Gasteiger charge is -2.21. The van der Waals surface area contributed by atoms with Crippen molar-refractivity contribution in [3.63, 3.8) is 0 Å². The Labute approximate surface area is 205 Å². The Morgan fingerprint density at radius 3 is 2.54 bits per heavy atom. The zero-order valence-corrected chi connectivity index (χ0v) is 20.7. The van der Waals surface area contributed by atoms with Crippen LogP contribution in [-0.4, -0.2) is 37.3 Å². The van der Waals surface area contributed by atoms with Gasteiger partial charge in [-0.1, -0.05) is 36.4 Å². The van der Waals surface area contributed by atoms with Crippen LogP contribution < -0.4 is 14.9 Å². The number of aromatic nitrogens is 1. The third-order valence-electron chi connectivity index (χ3n) is 6.06. The molecular formula is C26H28N4O4S. The van der Waals surface area contributed by atoms with E-state index < -0.39 is 22.0 Å². The van der Waals surface area contributed by atoms with E-state index in [2.05, 4.69) is 15.0 Å². The van der Waals surface area contributed by atoms with Crippen LogP contribution in [-0.2, 0) is 32.5 Å². The van der Waals surface area contributed by atoms with Gasteiger partial charge in [0.25, 0.3) is 0 Å². The van der Waals surface area contributed by atoms with Crippen LogP contribution in [0.2, 0.25) is 0 Å². The Balaban J connectivity index is 1.62. The summed E-state index contributed by atoms with van der Waals surface area (Å²) >= 11 is 0. The van der Waals surface area contributed by atoms with E-state index in [0.29, 0.717) is 17.9 Å². The van der Waals surface area contributed by atoms with Crippen LogP contribution in [0.25, 0.3) is 0 Å². The molecule has 0 aliphatic carbocycles. The Hall–Kier alpha value is -3.56. The average Bonchev–Trinajstić information content (AvgIpc) is 3.15. The van der Waals surface area contributed by atoms with Gasteiger partial charge in [-0.2, -0.15) is 4.72 Å². The van der Waals surface area contributed by atoms with Crippen LogP contribution in [0, 0.1) is 6.92 Å². The fourth-order valence-electron chi connectivity index (χ4n) is 4.37. The first-order valence-corrected chi connectivity index (χ1v) is 12.9. The van der Waals surface area contributed by atoms with E-state index in [-0.39, 0.29) is 23.3 Å². The number of hydrogen-bond acceptors (Lipinski definition) is 5. The minimum absolute atomic E-state index is 0.0494. The summed E-state index contributed by atoms with van der Waals surface area (Å²) in [4.78, 5) is 31.1. The maximum atomic E-state index is 13.4. The molecule has 2 heterocycles. The molecule has 2 N–H and O–H groups in total. The van der Waals surface area contributed by atoms with Gasteiger partial charge in [-0.15, -0.1) is 0 Å². The Morgan fingerprint density at radius 2 is 1.86 bits per heavy atom. The van der Waals surface area contributed by atoms with Gasteiger partial charge in [-0.25, -0.2) is 13.4 Å². The number of carbonyl (C=O) groups excluding carboxylic acids is 2. The average molecular weight is 493 g/mol. The highest BCUT2D eigenvalue weighted by Crippen LogP contribution is 2.34. The first kappa shape index (κ1) is 24.6. The van der Waals surface area contributed by atoms with Gasteiger partial charge in [-0.05, 0) is 67.6 Å². The lowest BCUT2D eigenvalue weighted by atomic mass is 10.1. The number of fused-ring (bicyclic) bond motifs is 1. The topological polar surface area (TPSA) is 108 Å². The molecular weight excluding hydrogens is 464 g/mol. The molecule has 1 aliphatic heterocycles. The second kappa shape index (κ2) is 9.97. The molecule has 182 valence electrons. The second-order valence-electron chi connectivity index (χ2n) is 8.75. The molecule has 0 spiro atoms. The van der Waals surface area contributed by atoms with Gasteiger partial charge in [0.1, 0.15) is 11.9 Å². The predicted octanol–water partition coefficient (Wildman–Crippen LogP) is 3.22. The van der Waals surface area contributed by atoms with Crippen molar-refractivity contribution in [3.05, 3.63) is 83.6 Å². The maximum Gasteiger partial charge on any atom is 0.244 e.